The first-order valence-electron chi connectivity index (χ1n) is 16.8. The van der Waals surface area contributed by atoms with Crippen LogP contribution in [0.1, 0.15) is 60.5 Å². The molecule has 1 saturated heterocycles. The van der Waals surface area contributed by atoms with Crippen molar-refractivity contribution in [2.45, 2.75) is 46.0 Å². The Balaban J connectivity index is 1.20. The van der Waals surface area contributed by atoms with Gasteiger partial charge in [-0.2, -0.15) is 10.5 Å². The molecule has 2 aromatic rings. The van der Waals surface area contributed by atoms with Gasteiger partial charge in [0, 0.05) is 74.3 Å². The molecule has 0 spiro atoms. The molecule has 3 aliphatic heterocycles. The van der Waals surface area contributed by atoms with Crippen LogP contribution in [0, 0.1) is 47.2 Å². The van der Waals surface area contributed by atoms with Crippen LogP contribution in [0.25, 0.3) is 5.57 Å². The van der Waals surface area contributed by atoms with E-state index in [0.29, 0.717) is 74.2 Å². The molecule has 3 amide bonds. The highest BCUT2D eigenvalue weighted by Gasteiger charge is 2.32. The van der Waals surface area contributed by atoms with E-state index in [9.17, 15) is 9.59 Å². The predicted molar refractivity (Wildman–Crippen MR) is 192 cm³/mol. The van der Waals surface area contributed by atoms with Gasteiger partial charge in [0.2, 0.25) is 0 Å². The van der Waals surface area contributed by atoms with Crippen LogP contribution in [0.15, 0.2) is 58.8 Å². The molecule has 260 valence electrons. The predicted octanol–water partition coefficient (Wildman–Crippen LogP) is 6.72. The molecular weight excluding hydrogens is 659 g/mol. The number of piperazine rings is 1. The highest BCUT2D eigenvalue weighted by atomic mass is 35.5. The minimum absolute atomic E-state index is 0.0857. The van der Waals surface area contributed by atoms with Crippen LogP contribution in [-0.2, 0) is 0 Å². The molecule has 0 aromatic heterocycles. The van der Waals surface area contributed by atoms with E-state index in [1.807, 2.05) is 31.2 Å². The third kappa shape index (κ3) is 8.50. The Hall–Kier alpha value is -5.20. The number of ether oxygens (including phenoxy) is 1. The molecule has 11 nitrogen and oxygen atoms in total. The molecule has 0 bridgehead atoms. The van der Waals surface area contributed by atoms with E-state index >= 15 is 4.39 Å². The molecule has 0 aliphatic carbocycles. The van der Waals surface area contributed by atoms with Crippen LogP contribution >= 0.6 is 11.6 Å². The number of urea groups is 1. The Morgan fingerprint density at radius 1 is 1.12 bits per heavy atom. The van der Waals surface area contributed by atoms with E-state index in [-0.39, 0.29) is 35.2 Å². The third-order valence-electron chi connectivity index (χ3n) is 9.03. The van der Waals surface area contributed by atoms with Gasteiger partial charge in [-0.25, -0.2) is 14.2 Å². The molecule has 1 unspecified atom stereocenters. The van der Waals surface area contributed by atoms with Crippen molar-refractivity contribution >= 4 is 46.3 Å². The van der Waals surface area contributed by atoms with Gasteiger partial charge in [0.25, 0.3) is 5.91 Å². The SMILES string of the molecule is Cc1cc(NC2=N/C=C\CCC3C(c4ccc(OCC#N)c(F)c4Cl)=CN=C23)ccc1C(=O)N1CCN(C(=O)NC[C@H](C)CCCC#N)CC1. The lowest BCUT2D eigenvalue weighted by Gasteiger charge is -2.35. The summed E-state index contributed by atoms with van der Waals surface area (Å²) in [6, 6.07) is 12.5. The number of nitrogens with zero attached hydrogens (tertiary/aromatic N) is 6. The van der Waals surface area contributed by atoms with Crippen molar-refractivity contribution < 1.29 is 18.7 Å². The van der Waals surface area contributed by atoms with Gasteiger partial charge in [-0.15, -0.1) is 0 Å². The van der Waals surface area contributed by atoms with Gasteiger partial charge in [-0.05, 0) is 80.0 Å². The monoisotopic (exact) mass is 698 g/mol. The number of amides is 3. The highest BCUT2D eigenvalue weighted by molar-refractivity contribution is 6.49. The van der Waals surface area contributed by atoms with Gasteiger partial charge in [-0.3, -0.25) is 9.79 Å². The number of nitriles is 2. The number of unbranched alkanes of at least 4 members (excludes halogenated alkanes) is 1. The van der Waals surface area contributed by atoms with Gasteiger partial charge in [0.1, 0.15) is 6.07 Å². The van der Waals surface area contributed by atoms with Crippen molar-refractivity contribution in [2.24, 2.45) is 21.8 Å². The molecule has 2 N–H and O–H groups in total. The van der Waals surface area contributed by atoms with Crippen LogP contribution in [0.4, 0.5) is 14.9 Å². The first kappa shape index (κ1) is 36.1. The van der Waals surface area contributed by atoms with Crippen molar-refractivity contribution in [3.63, 3.8) is 0 Å². The summed E-state index contributed by atoms with van der Waals surface area (Å²) in [5, 5.41) is 23.8. The Morgan fingerprint density at radius 2 is 1.90 bits per heavy atom. The lowest BCUT2D eigenvalue weighted by molar-refractivity contribution is 0.0664. The minimum Gasteiger partial charge on any atom is -0.476 e. The van der Waals surface area contributed by atoms with E-state index in [1.165, 1.54) is 6.07 Å². The molecule has 50 heavy (non-hydrogen) atoms. The number of amidine groups is 1. The van der Waals surface area contributed by atoms with Crippen molar-refractivity contribution in [1.29, 1.82) is 10.5 Å². The van der Waals surface area contributed by atoms with E-state index in [4.69, 9.17) is 26.9 Å². The summed E-state index contributed by atoms with van der Waals surface area (Å²) < 4.78 is 20.2. The zero-order chi connectivity index (χ0) is 35.6. The fourth-order valence-corrected chi connectivity index (χ4v) is 6.52. The number of allylic oxidation sites excluding steroid dienone is 2. The topological polar surface area (TPSA) is 146 Å². The van der Waals surface area contributed by atoms with Crippen LogP contribution in [-0.4, -0.2) is 72.6 Å². The average molecular weight is 699 g/mol. The number of rotatable bonds is 10. The number of fused-ring (bicyclic) bond motifs is 1. The van der Waals surface area contributed by atoms with Gasteiger partial charge < -0.3 is 25.2 Å². The van der Waals surface area contributed by atoms with Crippen molar-refractivity contribution in [3.05, 3.63) is 76.3 Å². The number of halogens is 2. The van der Waals surface area contributed by atoms with E-state index in [2.05, 4.69) is 33.6 Å². The Labute approximate surface area is 296 Å². The van der Waals surface area contributed by atoms with E-state index < -0.39 is 5.82 Å². The maximum atomic E-state index is 15.0. The van der Waals surface area contributed by atoms with Gasteiger partial charge >= 0.3 is 6.03 Å². The van der Waals surface area contributed by atoms with Crippen LogP contribution < -0.4 is 15.4 Å². The summed E-state index contributed by atoms with van der Waals surface area (Å²) in [4.78, 5) is 39.0. The number of carbonyl (C=O) groups is 2. The normalized spacial score (nSPS) is 18.2. The van der Waals surface area contributed by atoms with Crippen LogP contribution in [0.3, 0.4) is 0 Å². The largest absolute Gasteiger partial charge is 0.476 e. The van der Waals surface area contributed by atoms with Crippen molar-refractivity contribution in [1.82, 2.24) is 15.1 Å². The van der Waals surface area contributed by atoms with Crippen molar-refractivity contribution in [3.8, 4) is 17.9 Å². The maximum Gasteiger partial charge on any atom is 0.317 e. The molecule has 3 aliphatic rings. The summed E-state index contributed by atoms with van der Waals surface area (Å²) in [7, 11) is 0. The third-order valence-corrected chi connectivity index (χ3v) is 9.40. The smallest absolute Gasteiger partial charge is 0.317 e. The highest BCUT2D eigenvalue weighted by Crippen LogP contribution is 2.40. The van der Waals surface area contributed by atoms with E-state index in [0.717, 1.165) is 36.1 Å². The van der Waals surface area contributed by atoms with Gasteiger partial charge in [0.15, 0.2) is 24.0 Å². The Bertz CT molecular complexity index is 1820. The Kier molecular flexibility index (Phi) is 12.2. The summed E-state index contributed by atoms with van der Waals surface area (Å²) >= 11 is 6.46. The summed E-state index contributed by atoms with van der Waals surface area (Å²) in [5.74, 6) is -0.277. The molecular formula is C37H40ClFN8O3. The average Bonchev–Trinajstić information content (AvgIpc) is 3.52. The number of nitrogens with one attached hydrogen (secondary N) is 2. The number of aliphatic imine (C=N–C) groups is 2. The Morgan fingerprint density at radius 3 is 2.64 bits per heavy atom. The zero-order valence-electron chi connectivity index (χ0n) is 28.2. The second kappa shape index (κ2) is 17.0. The van der Waals surface area contributed by atoms with Gasteiger partial charge in [-0.1, -0.05) is 24.6 Å². The molecule has 3 heterocycles. The molecule has 1 fully saturated rings. The quantitative estimate of drug-likeness (QED) is 0.264. The number of anilines is 1. The first-order valence-corrected chi connectivity index (χ1v) is 17.1. The summed E-state index contributed by atoms with van der Waals surface area (Å²) in [5.41, 5.74) is 4.05. The van der Waals surface area contributed by atoms with Crippen molar-refractivity contribution in [2.75, 3.05) is 44.6 Å². The standard InChI is InChI=1S/C37H40ClFN8O3/c1-24(7-3-5-13-40)22-44-37(49)47-18-16-46(17-19-47)36(48)27-10-9-26(21-25(27)2)45-35-34-29(8-4-6-15-42-35)30(23-43-34)28-11-12-31(50-20-14-41)33(39)32(28)38/h6,9-12,15,21,23-24,29H,3-5,7-8,16-20,22H2,1-2H3,(H,42,45)(H,44,49)/b15-6-/t24-,29?/m1/s1. The summed E-state index contributed by atoms with van der Waals surface area (Å²) in [6.45, 7) is 5.98. The second-order valence-electron chi connectivity index (χ2n) is 12.6. The number of hydrogen-bond acceptors (Lipinski definition) is 8. The first-order chi connectivity index (χ1) is 24.2. The van der Waals surface area contributed by atoms with Crippen LogP contribution in [0.2, 0.25) is 5.02 Å². The molecule has 13 heteroatoms. The summed E-state index contributed by atoms with van der Waals surface area (Å²) in [6.07, 6.45) is 9.06. The number of benzene rings is 2. The number of carbonyl (C=O) groups excluding carboxylic acids is 2. The molecule has 2 atom stereocenters. The van der Waals surface area contributed by atoms with Gasteiger partial charge in [0.05, 0.1) is 16.8 Å². The van der Waals surface area contributed by atoms with E-state index in [1.54, 1.807) is 34.3 Å². The second-order valence-corrected chi connectivity index (χ2v) is 12.9. The maximum absolute atomic E-state index is 15.0. The number of aryl methyl sites for hydroxylation is 1. The zero-order valence-corrected chi connectivity index (χ0v) is 29.0. The molecule has 2 aromatic carbocycles. The fourth-order valence-electron chi connectivity index (χ4n) is 6.25. The minimum atomic E-state index is -0.728. The molecule has 5 rings (SSSR count). The lowest BCUT2D eigenvalue weighted by Crippen LogP contribution is -2.53. The fraction of sp³-hybridized carbons (Fsp3) is 0.405. The lowest BCUT2D eigenvalue weighted by atomic mass is 9.86. The molecule has 0 radical (unpaired) electrons. The molecule has 0 saturated carbocycles. The number of hydrogen-bond donors (Lipinski definition) is 2. The van der Waals surface area contributed by atoms with Crippen LogP contribution in [0.5, 0.6) is 5.75 Å².